The lowest BCUT2D eigenvalue weighted by molar-refractivity contribution is 0.447. The van der Waals surface area contributed by atoms with Gasteiger partial charge in [-0.1, -0.05) is 6.07 Å². The molecule has 0 aromatic heterocycles. The maximum atomic E-state index is 12.0. The zero-order valence-corrected chi connectivity index (χ0v) is 5.87. The van der Waals surface area contributed by atoms with Gasteiger partial charge in [0.25, 0.3) is 0 Å². The summed E-state index contributed by atoms with van der Waals surface area (Å²) in [7, 11) is 0. The van der Waals surface area contributed by atoms with Crippen LogP contribution in [-0.2, 0) is 0 Å². The normalized spacial score (nSPS) is 8.70. The van der Waals surface area contributed by atoms with Gasteiger partial charge in [-0.15, -0.1) is 0 Å². The molecule has 0 unspecified atom stereocenters. The first kappa shape index (κ1) is 9.36. The summed E-state index contributed by atoms with van der Waals surface area (Å²) in [5, 5.41) is 0. The molecule has 0 radical (unpaired) electrons. The molecule has 0 aliphatic heterocycles. The smallest absolute Gasteiger partial charge is 0.194 e. The van der Waals surface area contributed by atoms with E-state index < -0.39 is 17.5 Å². The van der Waals surface area contributed by atoms with Gasteiger partial charge in [0.05, 0.1) is 0 Å². The van der Waals surface area contributed by atoms with Crippen LogP contribution in [0.1, 0.15) is 0 Å². The molecule has 1 aromatic carbocycles. The van der Waals surface area contributed by atoms with Gasteiger partial charge in [-0.25, -0.2) is 13.2 Å². The van der Waals surface area contributed by atoms with Crippen LogP contribution >= 0.6 is 13.5 Å². The molecule has 56 valence electrons. The molecule has 0 fully saturated rings. The lowest BCUT2D eigenvalue weighted by atomic mass is 10.3. The van der Waals surface area contributed by atoms with E-state index in [1.807, 2.05) is 0 Å². The summed E-state index contributed by atoms with van der Waals surface area (Å²) in [6, 6.07) is 2.82. The summed E-state index contributed by atoms with van der Waals surface area (Å²) in [5.41, 5.74) is 0. The number of hydrogen-bond acceptors (Lipinski definition) is 0. The minimum atomic E-state index is -1.42. The Morgan fingerprint density at radius 1 is 0.900 bits per heavy atom. The van der Waals surface area contributed by atoms with E-state index in [4.69, 9.17) is 0 Å². The summed E-state index contributed by atoms with van der Waals surface area (Å²) >= 11 is 0. The standard InChI is InChI=1S/C6H3F3.H2S/c7-4-2-1-3-5(8)6(4)9;/h1-3H;1H2. The first-order valence-corrected chi connectivity index (χ1v) is 2.31. The second-order valence-corrected chi connectivity index (χ2v) is 1.54. The van der Waals surface area contributed by atoms with E-state index in [-0.39, 0.29) is 13.5 Å². The van der Waals surface area contributed by atoms with Crippen LogP contribution in [0.5, 0.6) is 0 Å². The van der Waals surface area contributed by atoms with Gasteiger partial charge in [0.1, 0.15) is 0 Å². The predicted molar refractivity (Wildman–Crippen MR) is 36.7 cm³/mol. The Kier molecular flexibility index (Phi) is 3.28. The van der Waals surface area contributed by atoms with E-state index in [2.05, 4.69) is 0 Å². The molecule has 0 aliphatic carbocycles. The third-order valence-corrected chi connectivity index (χ3v) is 0.904. The molecule has 0 bridgehead atoms. The fraction of sp³-hybridized carbons (Fsp3) is 0. The highest BCUT2D eigenvalue weighted by Gasteiger charge is 2.04. The van der Waals surface area contributed by atoms with Crippen molar-refractivity contribution >= 4 is 13.5 Å². The zero-order chi connectivity index (χ0) is 6.85. The Labute approximate surface area is 63.1 Å². The second-order valence-electron chi connectivity index (χ2n) is 1.54. The van der Waals surface area contributed by atoms with Crippen molar-refractivity contribution in [2.45, 2.75) is 0 Å². The van der Waals surface area contributed by atoms with Crippen LogP contribution in [0.4, 0.5) is 13.2 Å². The molecule has 0 N–H and O–H groups in total. The quantitative estimate of drug-likeness (QED) is 0.518. The fourth-order valence-corrected chi connectivity index (χ4v) is 0.477. The van der Waals surface area contributed by atoms with E-state index in [1.54, 1.807) is 0 Å². The van der Waals surface area contributed by atoms with Crippen LogP contribution in [-0.4, -0.2) is 0 Å². The summed E-state index contributed by atoms with van der Waals surface area (Å²) in [6.45, 7) is 0. The molecular weight excluding hydrogens is 161 g/mol. The number of benzene rings is 1. The van der Waals surface area contributed by atoms with Crippen molar-refractivity contribution < 1.29 is 13.2 Å². The molecule has 4 heteroatoms. The summed E-state index contributed by atoms with van der Waals surface area (Å²) in [4.78, 5) is 0. The fourth-order valence-electron chi connectivity index (χ4n) is 0.477. The minimum Gasteiger partial charge on any atom is -0.204 e. The van der Waals surface area contributed by atoms with Gasteiger partial charge >= 0.3 is 0 Å². The third-order valence-electron chi connectivity index (χ3n) is 0.904. The Bertz CT molecular complexity index is 204. The Morgan fingerprint density at radius 3 is 1.60 bits per heavy atom. The van der Waals surface area contributed by atoms with Crippen molar-refractivity contribution in [3.8, 4) is 0 Å². The average molecular weight is 166 g/mol. The summed E-state index contributed by atoms with van der Waals surface area (Å²) in [6.07, 6.45) is 0. The molecule has 0 aliphatic rings. The lowest BCUT2D eigenvalue weighted by Gasteiger charge is -1.90. The minimum absolute atomic E-state index is 0. The monoisotopic (exact) mass is 166 g/mol. The van der Waals surface area contributed by atoms with E-state index in [1.165, 1.54) is 0 Å². The number of rotatable bonds is 0. The largest absolute Gasteiger partial charge is 0.204 e. The average Bonchev–Trinajstić information content (AvgIpc) is 1.83. The van der Waals surface area contributed by atoms with Crippen molar-refractivity contribution in [2.24, 2.45) is 0 Å². The molecule has 0 heterocycles. The topological polar surface area (TPSA) is 0 Å². The van der Waals surface area contributed by atoms with Crippen LogP contribution in [0.3, 0.4) is 0 Å². The van der Waals surface area contributed by atoms with Gasteiger partial charge in [0.15, 0.2) is 17.5 Å². The third kappa shape index (κ3) is 1.67. The van der Waals surface area contributed by atoms with Crippen LogP contribution in [0.25, 0.3) is 0 Å². The van der Waals surface area contributed by atoms with Gasteiger partial charge in [-0.05, 0) is 12.1 Å². The zero-order valence-electron chi connectivity index (χ0n) is 4.87. The van der Waals surface area contributed by atoms with Crippen molar-refractivity contribution in [2.75, 3.05) is 0 Å². The van der Waals surface area contributed by atoms with Crippen molar-refractivity contribution in [1.82, 2.24) is 0 Å². The molecule has 0 saturated heterocycles. The first-order valence-electron chi connectivity index (χ1n) is 2.31. The molecule has 0 atom stereocenters. The highest BCUT2D eigenvalue weighted by molar-refractivity contribution is 7.59. The van der Waals surface area contributed by atoms with Crippen molar-refractivity contribution in [1.29, 1.82) is 0 Å². The van der Waals surface area contributed by atoms with Crippen LogP contribution in [0.15, 0.2) is 18.2 Å². The van der Waals surface area contributed by atoms with E-state index in [0.717, 1.165) is 18.2 Å². The summed E-state index contributed by atoms with van der Waals surface area (Å²) in [5.74, 6) is -3.73. The number of halogens is 3. The van der Waals surface area contributed by atoms with Gasteiger partial charge in [0.2, 0.25) is 0 Å². The van der Waals surface area contributed by atoms with Crippen LogP contribution < -0.4 is 0 Å². The van der Waals surface area contributed by atoms with Gasteiger partial charge in [-0.3, -0.25) is 0 Å². The molecule has 1 rings (SSSR count). The molecule has 0 amide bonds. The molecule has 1 aromatic rings. The Morgan fingerprint density at radius 2 is 1.30 bits per heavy atom. The maximum Gasteiger partial charge on any atom is 0.194 e. The molecule has 0 spiro atoms. The highest BCUT2D eigenvalue weighted by Crippen LogP contribution is 2.07. The van der Waals surface area contributed by atoms with Gasteiger partial charge < -0.3 is 0 Å². The van der Waals surface area contributed by atoms with Crippen molar-refractivity contribution in [3.63, 3.8) is 0 Å². The van der Waals surface area contributed by atoms with Gasteiger partial charge in [0, 0.05) is 0 Å². The van der Waals surface area contributed by atoms with Gasteiger partial charge in [-0.2, -0.15) is 13.5 Å². The highest BCUT2D eigenvalue weighted by atomic mass is 32.1. The van der Waals surface area contributed by atoms with Crippen molar-refractivity contribution in [3.05, 3.63) is 35.7 Å². The SMILES string of the molecule is Fc1cccc(F)c1F.S. The van der Waals surface area contributed by atoms with E-state index in [0.29, 0.717) is 0 Å². The maximum absolute atomic E-state index is 12.0. The Balaban J connectivity index is 0.000000810. The molecule has 0 saturated carbocycles. The lowest BCUT2D eigenvalue weighted by Crippen LogP contribution is -1.86. The summed E-state index contributed by atoms with van der Waals surface area (Å²) < 4.78 is 35.9. The molecule has 0 nitrogen and oxygen atoms in total. The number of hydrogen-bond donors (Lipinski definition) is 0. The second kappa shape index (κ2) is 3.51. The molecule has 10 heavy (non-hydrogen) atoms. The Hall–Kier alpha value is -0.640. The predicted octanol–water partition coefficient (Wildman–Crippen LogP) is 2.22. The first-order chi connectivity index (χ1) is 4.22. The van der Waals surface area contributed by atoms with Crippen LogP contribution in [0.2, 0.25) is 0 Å². The molecular formula is C6H5F3S. The van der Waals surface area contributed by atoms with E-state index in [9.17, 15) is 13.2 Å². The van der Waals surface area contributed by atoms with E-state index >= 15 is 0 Å². The van der Waals surface area contributed by atoms with Crippen LogP contribution in [0, 0.1) is 17.5 Å².